The van der Waals surface area contributed by atoms with E-state index >= 15 is 0 Å². The van der Waals surface area contributed by atoms with Crippen molar-refractivity contribution in [1.82, 2.24) is 0 Å². The molecule has 0 aromatic heterocycles. The zero-order chi connectivity index (χ0) is 21.3. The highest BCUT2D eigenvalue weighted by atomic mass is 16.6. The van der Waals surface area contributed by atoms with Crippen LogP contribution in [0.4, 0.5) is 5.69 Å². The predicted molar refractivity (Wildman–Crippen MR) is 108 cm³/mol. The first-order valence-electron chi connectivity index (χ1n) is 8.76. The second-order valence-corrected chi connectivity index (χ2v) is 5.81. The monoisotopic (exact) mass is 407 g/mol. The van der Waals surface area contributed by atoms with Crippen molar-refractivity contribution in [3.05, 3.63) is 95.2 Å². The molecular formula is C22H17NO7. The number of carbonyl (C=O) groups excluding carboxylic acids is 1. The Morgan fingerprint density at radius 1 is 0.867 bits per heavy atom. The number of carbonyl (C=O) groups is 1. The molecule has 0 saturated carbocycles. The van der Waals surface area contributed by atoms with Crippen LogP contribution in [0.2, 0.25) is 0 Å². The molecule has 0 spiro atoms. The molecule has 0 saturated heterocycles. The second kappa shape index (κ2) is 9.74. The number of hydrogen-bond acceptors (Lipinski definition) is 7. The van der Waals surface area contributed by atoms with Crippen molar-refractivity contribution < 1.29 is 28.7 Å². The van der Waals surface area contributed by atoms with E-state index in [0.717, 1.165) is 6.08 Å². The van der Waals surface area contributed by atoms with Crippen molar-refractivity contribution in [3.8, 4) is 28.7 Å². The van der Waals surface area contributed by atoms with Crippen molar-refractivity contribution in [2.24, 2.45) is 0 Å². The van der Waals surface area contributed by atoms with Crippen LogP contribution in [0, 0.1) is 10.1 Å². The minimum Gasteiger partial charge on any atom is -0.504 e. The third kappa shape index (κ3) is 5.35. The number of benzene rings is 3. The lowest BCUT2D eigenvalue weighted by Gasteiger charge is -2.15. The molecule has 0 unspecified atom stereocenters. The van der Waals surface area contributed by atoms with Crippen LogP contribution in [0.5, 0.6) is 28.7 Å². The lowest BCUT2D eigenvalue weighted by Crippen LogP contribution is -2.05. The van der Waals surface area contributed by atoms with Crippen LogP contribution in [-0.2, 0) is 9.53 Å². The molecule has 8 nitrogen and oxygen atoms in total. The Labute approximate surface area is 172 Å². The highest BCUT2D eigenvalue weighted by Crippen LogP contribution is 2.42. The Bertz CT molecular complexity index is 1050. The predicted octanol–water partition coefficient (Wildman–Crippen LogP) is 5.24. The second-order valence-electron chi connectivity index (χ2n) is 5.81. The summed E-state index contributed by atoms with van der Waals surface area (Å²) in [5, 5.41) is 10.8. The number of esters is 1. The van der Waals surface area contributed by atoms with Gasteiger partial charge < -0.3 is 18.9 Å². The van der Waals surface area contributed by atoms with Gasteiger partial charge in [-0.15, -0.1) is 0 Å². The first-order chi connectivity index (χ1) is 14.6. The van der Waals surface area contributed by atoms with E-state index < -0.39 is 10.9 Å². The van der Waals surface area contributed by atoms with Gasteiger partial charge in [-0.2, -0.15) is 0 Å². The third-order valence-electron chi connectivity index (χ3n) is 3.73. The Morgan fingerprint density at radius 3 is 2.20 bits per heavy atom. The Hall–Kier alpha value is -4.33. The van der Waals surface area contributed by atoms with Gasteiger partial charge in [0.15, 0.2) is 11.5 Å². The number of methoxy groups -OCH3 is 1. The molecule has 3 aromatic carbocycles. The lowest BCUT2D eigenvalue weighted by atomic mass is 10.2. The van der Waals surface area contributed by atoms with E-state index in [9.17, 15) is 14.9 Å². The van der Waals surface area contributed by atoms with E-state index in [0.29, 0.717) is 11.5 Å². The number of para-hydroxylation sites is 2. The number of hydrogen-bond donors (Lipinski definition) is 0. The fraction of sp³-hybridized carbons (Fsp3) is 0.0455. The van der Waals surface area contributed by atoms with Crippen LogP contribution in [0.15, 0.2) is 85.1 Å². The molecule has 0 fully saturated rings. The molecule has 0 amide bonds. The number of non-ortho nitro benzene ring substituents is 1. The molecule has 0 atom stereocenters. The molecule has 3 aromatic rings. The molecule has 0 N–H and O–H groups in total. The minimum absolute atomic E-state index is 0.0595. The van der Waals surface area contributed by atoms with Crippen molar-refractivity contribution in [1.29, 1.82) is 0 Å². The largest absolute Gasteiger partial charge is 0.504 e. The summed E-state index contributed by atoms with van der Waals surface area (Å²) in [6.07, 6.45) is 2.31. The normalized spacial score (nSPS) is 10.4. The quantitative estimate of drug-likeness (QED) is 0.126. The van der Waals surface area contributed by atoms with Gasteiger partial charge in [0, 0.05) is 12.1 Å². The van der Waals surface area contributed by atoms with Crippen molar-refractivity contribution >= 4 is 11.7 Å². The van der Waals surface area contributed by atoms with Crippen LogP contribution in [0.25, 0.3) is 0 Å². The van der Waals surface area contributed by atoms with E-state index in [1.165, 1.54) is 37.6 Å². The summed E-state index contributed by atoms with van der Waals surface area (Å²) < 4.78 is 21.8. The lowest BCUT2D eigenvalue weighted by molar-refractivity contribution is -0.384. The Kier molecular flexibility index (Phi) is 6.63. The highest BCUT2D eigenvalue weighted by Gasteiger charge is 2.17. The van der Waals surface area contributed by atoms with Crippen LogP contribution in [0.3, 0.4) is 0 Å². The molecule has 0 aliphatic heterocycles. The Balaban J connectivity index is 1.94. The van der Waals surface area contributed by atoms with E-state index in [2.05, 4.69) is 0 Å². The fourth-order valence-electron chi connectivity index (χ4n) is 2.39. The van der Waals surface area contributed by atoms with Gasteiger partial charge in [-0.3, -0.25) is 10.1 Å². The summed E-state index contributed by atoms with van der Waals surface area (Å²) in [7, 11) is 1.41. The molecule has 8 heteroatoms. The maximum Gasteiger partial charge on any atom is 0.339 e. The number of ether oxygens (including phenoxy) is 4. The number of rotatable bonds is 8. The average Bonchev–Trinajstić information content (AvgIpc) is 2.75. The topological polar surface area (TPSA) is 97.1 Å². The number of nitrogens with zero attached hydrogens (tertiary/aromatic N) is 1. The van der Waals surface area contributed by atoms with E-state index in [4.69, 9.17) is 18.9 Å². The molecule has 0 radical (unpaired) electrons. The van der Waals surface area contributed by atoms with E-state index in [-0.39, 0.29) is 22.9 Å². The van der Waals surface area contributed by atoms with Gasteiger partial charge in [-0.1, -0.05) is 24.3 Å². The number of nitro benzene ring substituents is 1. The van der Waals surface area contributed by atoms with Gasteiger partial charge in [-0.05, 0) is 36.4 Å². The van der Waals surface area contributed by atoms with Crippen LogP contribution < -0.4 is 14.2 Å². The molecule has 0 heterocycles. The molecule has 3 rings (SSSR count). The zero-order valence-corrected chi connectivity index (χ0v) is 15.9. The van der Waals surface area contributed by atoms with Crippen molar-refractivity contribution in [3.63, 3.8) is 0 Å². The van der Waals surface area contributed by atoms with Crippen LogP contribution >= 0.6 is 0 Å². The van der Waals surface area contributed by atoms with Gasteiger partial charge in [0.2, 0.25) is 5.75 Å². The highest BCUT2D eigenvalue weighted by molar-refractivity contribution is 5.84. The molecule has 0 aliphatic rings. The summed E-state index contributed by atoms with van der Waals surface area (Å²) in [4.78, 5) is 22.3. The SMILES string of the molecule is COC=CC(=O)Oc1cccc(Oc2ccc([N+](=O)[O-])cc2)c1Oc1ccccc1. The summed E-state index contributed by atoms with van der Waals surface area (Å²) >= 11 is 0. The van der Waals surface area contributed by atoms with Crippen LogP contribution in [-0.4, -0.2) is 18.0 Å². The van der Waals surface area contributed by atoms with Crippen molar-refractivity contribution in [2.45, 2.75) is 0 Å². The first-order valence-corrected chi connectivity index (χ1v) is 8.76. The summed E-state index contributed by atoms with van der Waals surface area (Å²) in [5.41, 5.74) is -0.0595. The first kappa shape index (κ1) is 20.4. The molecular weight excluding hydrogens is 390 g/mol. The zero-order valence-electron chi connectivity index (χ0n) is 15.9. The standard InChI is InChI=1S/C22H17NO7/c1-27-15-14-21(24)30-20-9-5-8-19(22(20)29-17-6-3-2-4-7-17)28-18-12-10-16(11-13-18)23(25)26/h2-15H,1H3. The van der Waals surface area contributed by atoms with Gasteiger partial charge in [-0.25, -0.2) is 4.79 Å². The molecule has 0 aliphatic carbocycles. The fourth-order valence-corrected chi connectivity index (χ4v) is 2.39. The van der Waals surface area contributed by atoms with Crippen LogP contribution in [0.1, 0.15) is 0 Å². The minimum atomic E-state index is -0.665. The van der Waals surface area contributed by atoms with Gasteiger partial charge in [0.1, 0.15) is 11.5 Å². The summed E-state index contributed by atoms with van der Waals surface area (Å²) in [6, 6.07) is 19.3. The van der Waals surface area contributed by atoms with E-state index in [1.54, 1.807) is 42.5 Å². The Morgan fingerprint density at radius 2 is 1.53 bits per heavy atom. The van der Waals surface area contributed by atoms with Gasteiger partial charge in [0.25, 0.3) is 5.69 Å². The van der Waals surface area contributed by atoms with Gasteiger partial charge in [0.05, 0.1) is 24.4 Å². The third-order valence-corrected chi connectivity index (χ3v) is 3.73. The molecule has 152 valence electrons. The smallest absolute Gasteiger partial charge is 0.339 e. The molecule has 30 heavy (non-hydrogen) atoms. The van der Waals surface area contributed by atoms with Gasteiger partial charge >= 0.3 is 5.97 Å². The maximum absolute atomic E-state index is 12.0. The number of nitro groups is 1. The summed E-state index contributed by atoms with van der Waals surface area (Å²) in [5.74, 6) is 0.740. The summed E-state index contributed by atoms with van der Waals surface area (Å²) in [6.45, 7) is 0. The van der Waals surface area contributed by atoms with Crippen molar-refractivity contribution in [2.75, 3.05) is 7.11 Å². The maximum atomic E-state index is 12.0. The van der Waals surface area contributed by atoms with E-state index in [1.807, 2.05) is 6.07 Å². The average molecular weight is 407 g/mol. The molecule has 0 bridgehead atoms.